The summed E-state index contributed by atoms with van der Waals surface area (Å²) >= 11 is 0. The van der Waals surface area contributed by atoms with Gasteiger partial charge >= 0.3 is 10.4 Å². The highest BCUT2D eigenvalue weighted by atomic mass is 32.3. The number of hydrogen-bond donors (Lipinski definition) is 4. The van der Waals surface area contributed by atoms with Crippen LogP contribution in [0, 0.1) is 0 Å². The van der Waals surface area contributed by atoms with Gasteiger partial charge < -0.3 is 11.5 Å². The second-order valence-electron chi connectivity index (χ2n) is 3.90. The number of carbonyl (C=O) groups is 1. The molecule has 18 heavy (non-hydrogen) atoms. The molecule has 2 atom stereocenters. The van der Waals surface area contributed by atoms with Crippen LogP contribution >= 0.6 is 0 Å². The van der Waals surface area contributed by atoms with Crippen molar-refractivity contribution in [1.29, 1.82) is 0 Å². The molecule has 1 amide bonds. The molecule has 0 aromatic carbocycles. The Hall–Kier alpha value is -0.820. The third kappa shape index (κ3) is 5.68. The van der Waals surface area contributed by atoms with Gasteiger partial charge in [-0.25, -0.2) is 4.90 Å². The highest BCUT2D eigenvalue weighted by molar-refractivity contribution is 7.79. The van der Waals surface area contributed by atoms with Crippen LogP contribution < -0.4 is 11.5 Å². The molecule has 0 spiro atoms. The Morgan fingerprint density at radius 3 is 2.17 bits per heavy atom. The number of likely N-dealkylation sites (tertiary alicyclic amines) is 1. The molecule has 2 rings (SSSR count). The van der Waals surface area contributed by atoms with Crippen LogP contribution in [-0.4, -0.2) is 53.4 Å². The number of nitrogens with two attached hydrogens (primary N) is 2. The van der Waals surface area contributed by atoms with Gasteiger partial charge in [-0.2, -0.15) is 18.2 Å². The molecule has 11 heteroatoms. The first-order valence-corrected chi connectivity index (χ1v) is 6.41. The normalized spacial score (nSPS) is 29.3. The van der Waals surface area contributed by atoms with E-state index in [1.54, 1.807) is 4.90 Å². The summed E-state index contributed by atoms with van der Waals surface area (Å²) in [5.41, 5.74) is 11.0. The lowest BCUT2D eigenvalue weighted by Crippen LogP contribution is -2.54. The van der Waals surface area contributed by atoms with Gasteiger partial charge in [0.05, 0.1) is 6.04 Å². The fraction of sp³-hybridized carbons (Fsp3) is 0.857. The Morgan fingerprint density at radius 2 is 1.78 bits per heavy atom. The zero-order valence-corrected chi connectivity index (χ0v) is 10.1. The molecule has 10 nitrogen and oxygen atoms in total. The first kappa shape index (κ1) is 15.2. The summed E-state index contributed by atoms with van der Waals surface area (Å²) in [6.45, 7) is 0.596. The predicted octanol–water partition coefficient (Wildman–Crippen LogP) is -2.14. The van der Waals surface area contributed by atoms with Gasteiger partial charge in [-0.3, -0.25) is 13.9 Å². The van der Waals surface area contributed by atoms with Gasteiger partial charge in [0.15, 0.2) is 0 Å². The number of rotatable bonds is 2. The van der Waals surface area contributed by atoms with E-state index in [0.29, 0.717) is 13.0 Å². The van der Waals surface area contributed by atoms with E-state index in [-0.39, 0.29) is 18.0 Å². The molecule has 6 N–H and O–H groups in total. The fourth-order valence-electron chi connectivity index (χ4n) is 1.70. The minimum atomic E-state index is -4.67. The van der Waals surface area contributed by atoms with E-state index >= 15 is 0 Å². The van der Waals surface area contributed by atoms with Crippen LogP contribution in [0.2, 0.25) is 0 Å². The zero-order valence-electron chi connectivity index (χ0n) is 9.30. The van der Waals surface area contributed by atoms with Crippen molar-refractivity contribution in [2.24, 2.45) is 11.5 Å². The van der Waals surface area contributed by atoms with E-state index < -0.39 is 16.8 Å². The maximum absolute atomic E-state index is 11.0. The maximum Gasteiger partial charge on any atom is 0.394 e. The summed E-state index contributed by atoms with van der Waals surface area (Å²) in [7, 11) is -4.67. The summed E-state index contributed by atoms with van der Waals surface area (Å²) < 4.78 is 31.6. The molecule has 2 saturated heterocycles. The topological polar surface area (TPSA) is 172 Å². The van der Waals surface area contributed by atoms with E-state index in [0.717, 1.165) is 6.42 Å². The number of carbonyl (C=O) groups excluding carboxylic acids is 1. The van der Waals surface area contributed by atoms with Crippen molar-refractivity contribution in [2.75, 3.05) is 6.54 Å². The van der Waals surface area contributed by atoms with Crippen LogP contribution in [0.5, 0.6) is 0 Å². The number of primary amides is 1. The summed E-state index contributed by atoms with van der Waals surface area (Å²) in [4.78, 5) is 22.1. The van der Waals surface area contributed by atoms with Crippen molar-refractivity contribution in [3.63, 3.8) is 0 Å². The van der Waals surface area contributed by atoms with Crippen LogP contribution in [0.25, 0.3) is 0 Å². The Morgan fingerprint density at radius 1 is 1.28 bits per heavy atom. The fourth-order valence-corrected chi connectivity index (χ4v) is 1.70. The minimum absolute atomic E-state index is 0.0726. The Kier molecular flexibility index (Phi) is 4.98. The first-order valence-electron chi connectivity index (χ1n) is 5.01. The van der Waals surface area contributed by atoms with Crippen molar-refractivity contribution < 1.29 is 32.1 Å². The van der Waals surface area contributed by atoms with Crippen LogP contribution in [-0.2, 0) is 25.0 Å². The highest BCUT2D eigenvalue weighted by Gasteiger charge is 2.43. The lowest BCUT2D eigenvalue weighted by Gasteiger charge is -2.33. The summed E-state index contributed by atoms with van der Waals surface area (Å²) in [5.74, 6) is -0.342. The molecule has 2 heterocycles. The number of nitrogens with zero attached hydrogens (tertiary/aromatic N) is 1. The van der Waals surface area contributed by atoms with E-state index in [1.807, 2.05) is 0 Å². The molecule has 0 aromatic heterocycles. The first-order chi connectivity index (χ1) is 8.18. The third-order valence-corrected chi connectivity index (χ3v) is 2.44. The van der Waals surface area contributed by atoms with Crippen molar-refractivity contribution in [2.45, 2.75) is 31.3 Å². The second-order valence-corrected chi connectivity index (χ2v) is 4.80. The van der Waals surface area contributed by atoms with Gasteiger partial charge in [0, 0.05) is 12.6 Å². The quantitative estimate of drug-likeness (QED) is 0.251. The third-order valence-electron chi connectivity index (χ3n) is 2.44. The van der Waals surface area contributed by atoms with Gasteiger partial charge in [0.2, 0.25) is 5.91 Å². The van der Waals surface area contributed by atoms with Crippen molar-refractivity contribution in [3.8, 4) is 0 Å². The second kappa shape index (κ2) is 5.88. The Balaban J connectivity index is 0.000000280. The van der Waals surface area contributed by atoms with Crippen molar-refractivity contribution >= 4 is 16.3 Å². The molecular formula is C7H15N3O7S. The molecule has 2 fully saturated rings. The standard InChI is InChI=1S/C7H13N3O3.H2O4S/c8-4-1-2-5(6(9)11)10(3-4)7-12-13-7;1-5(2,3)4/h4-5,7H,1-3,8H2,(H2,9,11);(H2,1,2,3,4)/t4-,5+;/m1./s1. The number of amides is 1. The molecular weight excluding hydrogens is 270 g/mol. The van der Waals surface area contributed by atoms with Crippen LogP contribution in [0.3, 0.4) is 0 Å². The van der Waals surface area contributed by atoms with E-state index in [4.69, 9.17) is 29.0 Å². The monoisotopic (exact) mass is 285 g/mol. The van der Waals surface area contributed by atoms with Gasteiger partial charge in [-0.1, -0.05) is 0 Å². The van der Waals surface area contributed by atoms with Crippen LogP contribution in [0.1, 0.15) is 12.8 Å². The molecule has 0 radical (unpaired) electrons. The average Bonchev–Trinajstić information content (AvgIpc) is 2.96. The lowest BCUT2D eigenvalue weighted by atomic mass is 9.99. The molecule has 2 aliphatic heterocycles. The molecule has 106 valence electrons. The van der Waals surface area contributed by atoms with E-state index in [2.05, 4.69) is 9.78 Å². The lowest BCUT2D eigenvalue weighted by molar-refractivity contribution is -0.126. The van der Waals surface area contributed by atoms with Crippen LogP contribution in [0.4, 0.5) is 0 Å². The molecule has 2 aliphatic rings. The Bertz CT molecular complexity index is 388. The molecule has 0 saturated carbocycles. The van der Waals surface area contributed by atoms with Gasteiger partial charge in [0.25, 0.3) is 6.41 Å². The van der Waals surface area contributed by atoms with Gasteiger partial charge in [-0.15, -0.1) is 0 Å². The summed E-state index contributed by atoms with van der Waals surface area (Å²) in [6.07, 6.45) is 1.08. The highest BCUT2D eigenvalue weighted by Crippen LogP contribution is 2.26. The summed E-state index contributed by atoms with van der Waals surface area (Å²) in [5, 5.41) is 0. The SMILES string of the molecule is NC(=O)[C@@H]1CC[C@@H](N)CN1C1OO1.O=S(=O)(O)O. The van der Waals surface area contributed by atoms with E-state index in [9.17, 15) is 4.79 Å². The largest absolute Gasteiger partial charge is 0.394 e. The van der Waals surface area contributed by atoms with Gasteiger partial charge in [-0.05, 0) is 12.8 Å². The molecule has 0 aromatic rings. The maximum atomic E-state index is 11.0. The molecule has 0 aliphatic carbocycles. The summed E-state index contributed by atoms with van der Waals surface area (Å²) in [6, 6.07) is -0.226. The van der Waals surface area contributed by atoms with Crippen LogP contribution in [0.15, 0.2) is 0 Å². The number of piperidine rings is 1. The molecule has 0 unspecified atom stereocenters. The minimum Gasteiger partial charge on any atom is -0.368 e. The van der Waals surface area contributed by atoms with Crippen molar-refractivity contribution in [1.82, 2.24) is 4.90 Å². The van der Waals surface area contributed by atoms with Crippen molar-refractivity contribution in [3.05, 3.63) is 0 Å². The number of hydrogen-bond acceptors (Lipinski definition) is 7. The molecule has 0 bridgehead atoms. The smallest absolute Gasteiger partial charge is 0.368 e. The average molecular weight is 285 g/mol. The zero-order chi connectivity index (χ0) is 13.9. The predicted molar refractivity (Wildman–Crippen MR) is 57.0 cm³/mol. The van der Waals surface area contributed by atoms with E-state index in [1.165, 1.54) is 0 Å². The van der Waals surface area contributed by atoms with Gasteiger partial charge in [0.1, 0.15) is 0 Å². The Labute approximate surface area is 103 Å².